The van der Waals surface area contributed by atoms with Crippen molar-refractivity contribution in [3.05, 3.63) is 55.4 Å². The minimum atomic E-state index is 0.887. The van der Waals surface area contributed by atoms with Gasteiger partial charge in [0.15, 0.2) is 11.5 Å². The van der Waals surface area contributed by atoms with Gasteiger partial charge < -0.3 is 14.2 Å². The van der Waals surface area contributed by atoms with E-state index in [-0.39, 0.29) is 0 Å². The number of nitrogens with zero attached hydrogens (tertiary/aromatic N) is 7. The number of anilines is 2. The fourth-order valence-corrected chi connectivity index (χ4v) is 3.44. The van der Waals surface area contributed by atoms with Crippen molar-refractivity contribution in [1.82, 2.24) is 24.3 Å². The summed E-state index contributed by atoms with van der Waals surface area (Å²) in [5.74, 6) is 1.96. The Morgan fingerprint density at radius 2 is 1.44 bits per heavy atom. The lowest BCUT2D eigenvalue weighted by molar-refractivity contribution is 0.643. The second kappa shape index (κ2) is 5.70. The minimum Gasteiger partial charge on any atom is -0.352 e. The number of imidazole rings is 1. The van der Waals surface area contributed by atoms with E-state index >= 15 is 0 Å². The van der Waals surface area contributed by atoms with Crippen LogP contribution in [0.15, 0.2) is 55.4 Å². The molecule has 124 valence electrons. The Balaban J connectivity index is 1.42. The van der Waals surface area contributed by atoms with Crippen molar-refractivity contribution >= 4 is 28.2 Å². The van der Waals surface area contributed by atoms with Gasteiger partial charge in [-0.05, 0) is 12.1 Å². The molecular formula is C18H17N7. The molecule has 1 aliphatic rings. The lowest BCUT2D eigenvalue weighted by Gasteiger charge is -2.36. The number of benzene rings is 1. The maximum absolute atomic E-state index is 4.55. The maximum Gasteiger partial charge on any atom is 0.180 e. The van der Waals surface area contributed by atoms with Crippen molar-refractivity contribution in [1.29, 1.82) is 0 Å². The Bertz CT molecular complexity index is 1030. The molecule has 0 radical (unpaired) electrons. The Kier molecular flexibility index (Phi) is 3.22. The summed E-state index contributed by atoms with van der Waals surface area (Å²) in [6, 6.07) is 8.16. The van der Waals surface area contributed by atoms with Crippen molar-refractivity contribution in [3.8, 4) is 0 Å². The molecule has 7 heteroatoms. The first-order chi connectivity index (χ1) is 12.4. The lowest BCUT2D eigenvalue weighted by Crippen LogP contribution is -2.47. The van der Waals surface area contributed by atoms with Gasteiger partial charge in [0.25, 0.3) is 0 Å². The number of piperazine rings is 1. The highest BCUT2D eigenvalue weighted by Crippen LogP contribution is 2.25. The van der Waals surface area contributed by atoms with E-state index in [0.29, 0.717) is 0 Å². The van der Waals surface area contributed by atoms with Crippen LogP contribution in [0.25, 0.3) is 16.6 Å². The van der Waals surface area contributed by atoms with Gasteiger partial charge in [-0.2, -0.15) is 0 Å². The van der Waals surface area contributed by atoms with Crippen molar-refractivity contribution in [2.45, 2.75) is 0 Å². The van der Waals surface area contributed by atoms with Crippen LogP contribution < -0.4 is 9.80 Å². The van der Waals surface area contributed by atoms with Crippen molar-refractivity contribution in [2.24, 2.45) is 0 Å². The summed E-state index contributed by atoms with van der Waals surface area (Å²) in [4.78, 5) is 22.5. The molecule has 0 amide bonds. The van der Waals surface area contributed by atoms with Crippen LogP contribution in [0.3, 0.4) is 0 Å². The number of aromatic nitrogens is 5. The van der Waals surface area contributed by atoms with Crippen LogP contribution >= 0.6 is 0 Å². The average molecular weight is 331 g/mol. The summed E-state index contributed by atoms with van der Waals surface area (Å²) in [5, 5.41) is 1.10. The van der Waals surface area contributed by atoms with E-state index in [2.05, 4.69) is 35.8 Å². The van der Waals surface area contributed by atoms with E-state index in [9.17, 15) is 0 Å². The van der Waals surface area contributed by atoms with Gasteiger partial charge in [0.2, 0.25) is 0 Å². The van der Waals surface area contributed by atoms with Gasteiger partial charge in [-0.15, -0.1) is 0 Å². The summed E-state index contributed by atoms with van der Waals surface area (Å²) < 4.78 is 2.01. The largest absolute Gasteiger partial charge is 0.352 e. The van der Waals surface area contributed by atoms with Crippen LogP contribution in [-0.4, -0.2) is 50.5 Å². The highest BCUT2D eigenvalue weighted by molar-refractivity contribution is 5.89. The van der Waals surface area contributed by atoms with E-state index < -0.39 is 0 Å². The molecule has 1 aliphatic heterocycles. The Labute approximate surface area is 144 Å². The van der Waals surface area contributed by atoms with Gasteiger partial charge in [0.05, 0.1) is 5.52 Å². The maximum atomic E-state index is 4.55. The quantitative estimate of drug-likeness (QED) is 0.560. The molecule has 1 fully saturated rings. The van der Waals surface area contributed by atoms with Crippen LogP contribution in [0.2, 0.25) is 0 Å². The first-order valence-corrected chi connectivity index (χ1v) is 8.37. The van der Waals surface area contributed by atoms with Crippen LogP contribution in [0.1, 0.15) is 0 Å². The number of para-hydroxylation sites is 1. The second-order valence-electron chi connectivity index (χ2n) is 6.10. The number of hydrogen-bond acceptors (Lipinski definition) is 6. The van der Waals surface area contributed by atoms with Crippen LogP contribution in [0.5, 0.6) is 0 Å². The van der Waals surface area contributed by atoms with E-state index in [4.69, 9.17) is 0 Å². The molecule has 7 nitrogen and oxygen atoms in total. The molecule has 1 saturated heterocycles. The molecule has 0 saturated carbocycles. The normalized spacial score (nSPS) is 15.2. The monoisotopic (exact) mass is 331 g/mol. The van der Waals surface area contributed by atoms with Gasteiger partial charge >= 0.3 is 0 Å². The third kappa shape index (κ3) is 2.36. The average Bonchev–Trinajstić information content (AvgIpc) is 3.17. The molecule has 1 aromatic carbocycles. The summed E-state index contributed by atoms with van der Waals surface area (Å²) in [5.41, 5.74) is 1.89. The number of hydrogen-bond donors (Lipinski definition) is 0. The van der Waals surface area contributed by atoms with Gasteiger partial charge in [-0.25, -0.2) is 19.9 Å². The van der Waals surface area contributed by atoms with Crippen molar-refractivity contribution in [2.75, 3.05) is 36.0 Å². The summed E-state index contributed by atoms with van der Waals surface area (Å²) in [6.07, 6.45) is 9.16. The summed E-state index contributed by atoms with van der Waals surface area (Å²) >= 11 is 0. The summed E-state index contributed by atoms with van der Waals surface area (Å²) in [6.45, 7) is 3.56. The Morgan fingerprint density at radius 3 is 2.28 bits per heavy atom. The smallest absolute Gasteiger partial charge is 0.180 e. The third-order valence-corrected chi connectivity index (χ3v) is 4.69. The zero-order valence-electron chi connectivity index (χ0n) is 13.7. The number of fused-ring (bicyclic) bond motifs is 2. The molecule has 0 spiro atoms. The van der Waals surface area contributed by atoms with E-state index in [1.165, 1.54) is 0 Å². The first kappa shape index (κ1) is 14.2. The standard InChI is InChI=1S/C18H17N7/c1-2-4-15-14(3-1)16(22-13-21-15)24-9-11-25(12-10-24)18-17-19-5-7-23(17)8-6-20-18/h1-8,13H,9-12H2. The van der Waals surface area contributed by atoms with E-state index in [1.54, 1.807) is 6.33 Å². The molecular weight excluding hydrogens is 314 g/mol. The van der Waals surface area contributed by atoms with Crippen LogP contribution in [-0.2, 0) is 0 Å². The van der Waals surface area contributed by atoms with Crippen LogP contribution in [0, 0.1) is 0 Å². The Morgan fingerprint density at radius 1 is 0.720 bits per heavy atom. The molecule has 3 aromatic heterocycles. The van der Waals surface area contributed by atoms with Crippen molar-refractivity contribution in [3.63, 3.8) is 0 Å². The van der Waals surface area contributed by atoms with Gasteiger partial charge in [-0.1, -0.05) is 12.1 Å². The van der Waals surface area contributed by atoms with E-state index in [1.807, 2.05) is 47.4 Å². The fraction of sp³-hybridized carbons (Fsp3) is 0.222. The SMILES string of the molecule is c1ccc2c(N3CCN(c4nccn5ccnc45)CC3)ncnc2c1. The third-order valence-electron chi connectivity index (χ3n) is 4.69. The molecule has 4 heterocycles. The second-order valence-corrected chi connectivity index (χ2v) is 6.10. The predicted molar refractivity (Wildman–Crippen MR) is 97.0 cm³/mol. The zero-order chi connectivity index (χ0) is 16.6. The molecule has 5 rings (SSSR count). The van der Waals surface area contributed by atoms with Crippen LogP contribution in [0.4, 0.5) is 11.6 Å². The molecule has 0 bridgehead atoms. The predicted octanol–water partition coefficient (Wildman–Crippen LogP) is 2.00. The van der Waals surface area contributed by atoms with Gasteiger partial charge in [-0.3, -0.25) is 0 Å². The fourth-order valence-electron chi connectivity index (χ4n) is 3.44. The summed E-state index contributed by atoms with van der Waals surface area (Å²) in [7, 11) is 0. The highest BCUT2D eigenvalue weighted by atomic mass is 15.3. The highest BCUT2D eigenvalue weighted by Gasteiger charge is 2.22. The van der Waals surface area contributed by atoms with E-state index in [0.717, 1.165) is 54.4 Å². The zero-order valence-corrected chi connectivity index (χ0v) is 13.7. The molecule has 0 unspecified atom stereocenters. The topological polar surface area (TPSA) is 62.5 Å². The minimum absolute atomic E-state index is 0.887. The Hall–Kier alpha value is -3.22. The van der Waals surface area contributed by atoms with Gasteiger partial charge in [0.1, 0.15) is 12.1 Å². The molecule has 4 aromatic rings. The molecule has 25 heavy (non-hydrogen) atoms. The molecule has 0 aliphatic carbocycles. The number of rotatable bonds is 2. The first-order valence-electron chi connectivity index (χ1n) is 8.37. The van der Waals surface area contributed by atoms with Crippen molar-refractivity contribution < 1.29 is 0 Å². The lowest BCUT2D eigenvalue weighted by atomic mass is 10.2. The molecule has 0 N–H and O–H groups in total. The van der Waals surface area contributed by atoms with Gasteiger partial charge in [0, 0.05) is 56.4 Å². The molecule has 0 atom stereocenters.